The van der Waals surface area contributed by atoms with Gasteiger partial charge in [0.2, 0.25) is 0 Å². The Morgan fingerprint density at radius 1 is 1.47 bits per heavy atom. The minimum Gasteiger partial charge on any atom is -0.396 e. The second-order valence-electron chi connectivity index (χ2n) is 6.18. The number of carbonyl (C=O) groups excluding carboxylic acids is 1. The quantitative estimate of drug-likeness (QED) is 0.872. The van der Waals surface area contributed by atoms with Crippen molar-refractivity contribution in [1.82, 2.24) is 15.1 Å². The van der Waals surface area contributed by atoms with Gasteiger partial charge in [0.15, 0.2) is 0 Å². The standard InChI is InChI=1S/C14H25N3O2/c1-9(8-18)11(3)15-13(19)12-7-10(2)17(16-12)14(4,5)6/h7,9,11,18H,8H2,1-6H3,(H,15,19). The molecule has 0 saturated heterocycles. The highest BCUT2D eigenvalue weighted by Gasteiger charge is 2.22. The molecule has 0 bridgehead atoms. The zero-order valence-corrected chi connectivity index (χ0v) is 12.7. The summed E-state index contributed by atoms with van der Waals surface area (Å²) in [4.78, 5) is 12.1. The Morgan fingerprint density at radius 2 is 2.05 bits per heavy atom. The van der Waals surface area contributed by atoms with Crippen molar-refractivity contribution in [2.75, 3.05) is 6.61 Å². The molecule has 5 heteroatoms. The van der Waals surface area contributed by atoms with Crippen LogP contribution in [0.15, 0.2) is 6.07 Å². The minimum atomic E-state index is -0.195. The average Bonchev–Trinajstić information content (AvgIpc) is 2.69. The molecule has 1 aromatic rings. The van der Waals surface area contributed by atoms with Crippen LogP contribution in [0.2, 0.25) is 0 Å². The molecule has 5 nitrogen and oxygen atoms in total. The lowest BCUT2D eigenvalue weighted by Gasteiger charge is -2.21. The summed E-state index contributed by atoms with van der Waals surface area (Å²) < 4.78 is 1.85. The van der Waals surface area contributed by atoms with Crippen LogP contribution in [-0.4, -0.2) is 33.4 Å². The number of hydrogen-bond acceptors (Lipinski definition) is 3. The maximum absolute atomic E-state index is 12.1. The number of aryl methyl sites for hydroxylation is 1. The van der Waals surface area contributed by atoms with E-state index in [1.54, 1.807) is 6.07 Å². The Kier molecular flexibility index (Phi) is 4.74. The van der Waals surface area contributed by atoms with Crippen molar-refractivity contribution in [2.45, 2.75) is 53.1 Å². The second kappa shape index (κ2) is 5.74. The third-order valence-electron chi connectivity index (χ3n) is 3.26. The van der Waals surface area contributed by atoms with Gasteiger partial charge in [-0.05, 0) is 46.6 Å². The van der Waals surface area contributed by atoms with Gasteiger partial charge in [-0.1, -0.05) is 6.92 Å². The van der Waals surface area contributed by atoms with E-state index < -0.39 is 0 Å². The summed E-state index contributed by atoms with van der Waals surface area (Å²) in [7, 11) is 0. The van der Waals surface area contributed by atoms with Crippen LogP contribution in [0.5, 0.6) is 0 Å². The van der Waals surface area contributed by atoms with E-state index in [0.717, 1.165) is 5.69 Å². The summed E-state index contributed by atoms with van der Waals surface area (Å²) in [5.41, 5.74) is 1.23. The van der Waals surface area contributed by atoms with Gasteiger partial charge in [0.05, 0.1) is 5.54 Å². The SMILES string of the molecule is Cc1cc(C(=O)NC(C)C(C)CO)nn1C(C)(C)C. The van der Waals surface area contributed by atoms with Gasteiger partial charge in [0.1, 0.15) is 5.69 Å². The maximum atomic E-state index is 12.1. The van der Waals surface area contributed by atoms with E-state index >= 15 is 0 Å². The smallest absolute Gasteiger partial charge is 0.272 e. The summed E-state index contributed by atoms with van der Waals surface area (Å²) in [6.07, 6.45) is 0. The van der Waals surface area contributed by atoms with Gasteiger partial charge < -0.3 is 10.4 Å². The Balaban J connectivity index is 2.85. The predicted molar refractivity (Wildman–Crippen MR) is 75.1 cm³/mol. The summed E-state index contributed by atoms with van der Waals surface area (Å²) >= 11 is 0. The minimum absolute atomic E-state index is 0.0229. The van der Waals surface area contributed by atoms with Crippen LogP contribution in [0.1, 0.15) is 50.8 Å². The van der Waals surface area contributed by atoms with Crippen molar-refractivity contribution >= 4 is 5.91 Å². The highest BCUT2D eigenvalue weighted by atomic mass is 16.3. The van der Waals surface area contributed by atoms with Gasteiger partial charge in [-0.3, -0.25) is 9.48 Å². The number of amides is 1. The fraction of sp³-hybridized carbons (Fsp3) is 0.714. The Labute approximate surface area is 115 Å². The van der Waals surface area contributed by atoms with Crippen molar-refractivity contribution in [3.8, 4) is 0 Å². The van der Waals surface area contributed by atoms with E-state index in [2.05, 4.69) is 10.4 Å². The first-order valence-electron chi connectivity index (χ1n) is 6.65. The van der Waals surface area contributed by atoms with Crippen LogP contribution in [0.3, 0.4) is 0 Å². The molecule has 0 radical (unpaired) electrons. The van der Waals surface area contributed by atoms with Gasteiger partial charge in [0.25, 0.3) is 5.91 Å². The zero-order valence-electron chi connectivity index (χ0n) is 12.7. The lowest BCUT2D eigenvalue weighted by atomic mass is 10.1. The van der Waals surface area contributed by atoms with Gasteiger partial charge in [0, 0.05) is 18.3 Å². The molecule has 0 saturated carbocycles. The number of aliphatic hydroxyl groups is 1. The van der Waals surface area contributed by atoms with Gasteiger partial charge in [-0.25, -0.2) is 0 Å². The molecule has 1 heterocycles. The molecular formula is C14H25N3O2. The van der Waals surface area contributed by atoms with E-state index in [1.165, 1.54) is 0 Å². The lowest BCUT2D eigenvalue weighted by molar-refractivity contribution is 0.0909. The first-order valence-corrected chi connectivity index (χ1v) is 6.65. The molecule has 2 unspecified atom stereocenters. The highest BCUT2D eigenvalue weighted by molar-refractivity contribution is 5.92. The summed E-state index contributed by atoms with van der Waals surface area (Å²) in [6, 6.07) is 1.70. The fourth-order valence-electron chi connectivity index (χ4n) is 1.85. The Morgan fingerprint density at radius 3 is 2.47 bits per heavy atom. The van der Waals surface area contributed by atoms with Crippen molar-refractivity contribution in [2.24, 2.45) is 5.92 Å². The summed E-state index contributed by atoms with van der Waals surface area (Å²) in [5.74, 6) is -0.173. The molecule has 0 aliphatic rings. The molecule has 0 fully saturated rings. The fourth-order valence-corrected chi connectivity index (χ4v) is 1.85. The van der Waals surface area contributed by atoms with Crippen molar-refractivity contribution < 1.29 is 9.90 Å². The Bertz CT molecular complexity index is 446. The molecule has 0 aliphatic carbocycles. The molecule has 1 rings (SSSR count). The third kappa shape index (κ3) is 3.80. The van der Waals surface area contributed by atoms with Crippen LogP contribution in [0, 0.1) is 12.8 Å². The zero-order chi connectivity index (χ0) is 14.8. The highest BCUT2D eigenvalue weighted by Crippen LogP contribution is 2.16. The molecule has 108 valence electrons. The predicted octanol–water partition coefficient (Wildman–Crippen LogP) is 1.69. The third-order valence-corrected chi connectivity index (χ3v) is 3.26. The van der Waals surface area contributed by atoms with Crippen LogP contribution in [-0.2, 0) is 5.54 Å². The summed E-state index contributed by atoms with van der Waals surface area (Å²) in [6.45, 7) is 11.9. The molecule has 0 aromatic carbocycles. The van der Waals surface area contributed by atoms with Gasteiger partial charge >= 0.3 is 0 Å². The molecule has 0 aliphatic heterocycles. The number of hydrogen-bond donors (Lipinski definition) is 2. The normalized spacial score (nSPS) is 15.1. The van der Waals surface area contributed by atoms with E-state index in [0.29, 0.717) is 5.69 Å². The molecule has 0 spiro atoms. The second-order valence-corrected chi connectivity index (χ2v) is 6.18. The molecule has 1 amide bonds. The average molecular weight is 267 g/mol. The van der Waals surface area contributed by atoms with Gasteiger partial charge in [-0.15, -0.1) is 0 Å². The Hall–Kier alpha value is -1.36. The van der Waals surface area contributed by atoms with Crippen molar-refractivity contribution in [1.29, 1.82) is 0 Å². The monoisotopic (exact) mass is 267 g/mol. The first-order chi connectivity index (χ1) is 8.66. The number of aliphatic hydroxyl groups excluding tert-OH is 1. The van der Waals surface area contributed by atoms with Crippen LogP contribution >= 0.6 is 0 Å². The molecule has 2 atom stereocenters. The van der Waals surface area contributed by atoms with E-state index in [1.807, 2.05) is 46.2 Å². The number of aromatic nitrogens is 2. The van der Waals surface area contributed by atoms with E-state index in [4.69, 9.17) is 5.11 Å². The van der Waals surface area contributed by atoms with E-state index in [9.17, 15) is 4.79 Å². The van der Waals surface area contributed by atoms with Crippen molar-refractivity contribution in [3.05, 3.63) is 17.5 Å². The molecular weight excluding hydrogens is 242 g/mol. The van der Waals surface area contributed by atoms with Crippen LogP contribution < -0.4 is 5.32 Å². The van der Waals surface area contributed by atoms with Crippen LogP contribution in [0.25, 0.3) is 0 Å². The number of rotatable bonds is 4. The van der Waals surface area contributed by atoms with E-state index in [-0.39, 0.29) is 30.0 Å². The largest absolute Gasteiger partial charge is 0.396 e. The first kappa shape index (κ1) is 15.7. The van der Waals surface area contributed by atoms with Crippen molar-refractivity contribution in [3.63, 3.8) is 0 Å². The topological polar surface area (TPSA) is 67.2 Å². The molecule has 19 heavy (non-hydrogen) atoms. The lowest BCUT2D eigenvalue weighted by Crippen LogP contribution is -2.38. The molecule has 2 N–H and O–H groups in total. The molecule has 1 aromatic heterocycles. The number of nitrogens with zero attached hydrogens (tertiary/aromatic N) is 2. The summed E-state index contributed by atoms with van der Waals surface area (Å²) in [5, 5.41) is 16.3. The number of carbonyl (C=O) groups is 1. The maximum Gasteiger partial charge on any atom is 0.272 e. The number of nitrogens with one attached hydrogen (secondary N) is 1. The van der Waals surface area contributed by atoms with Crippen LogP contribution in [0.4, 0.5) is 0 Å². The van der Waals surface area contributed by atoms with Gasteiger partial charge in [-0.2, -0.15) is 5.10 Å².